The van der Waals surface area contributed by atoms with E-state index >= 15 is 0 Å². The van der Waals surface area contributed by atoms with E-state index in [-0.39, 0.29) is 0 Å². The van der Waals surface area contributed by atoms with Crippen LogP contribution in [0, 0.1) is 12.0 Å². The van der Waals surface area contributed by atoms with E-state index in [0.717, 1.165) is 18.9 Å². The number of hydrogen-bond acceptors (Lipinski definition) is 1. The smallest absolute Gasteiger partial charge is 0.0717 e. The predicted octanol–water partition coefficient (Wildman–Crippen LogP) is 3.05. The Hall–Kier alpha value is -0.820. The van der Waals surface area contributed by atoms with Crippen LogP contribution in [0.2, 0.25) is 0 Å². The van der Waals surface area contributed by atoms with Gasteiger partial charge in [-0.3, -0.25) is 0 Å². The molecule has 1 aromatic carbocycles. The fourth-order valence-corrected chi connectivity index (χ4v) is 1.03. The molecule has 1 rings (SSSR count). The lowest BCUT2D eigenvalue weighted by Crippen LogP contribution is -1.98. The van der Waals surface area contributed by atoms with Gasteiger partial charge >= 0.3 is 0 Å². The van der Waals surface area contributed by atoms with Crippen molar-refractivity contribution in [1.82, 2.24) is 0 Å². The van der Waals surface area contributed by atoms with E-state index in [9.17, 15) is 0 Å². The number of rotatable bonds is 5. The Kier molecular flexibility index (Phi) is 4.55. The van der Waals surface area contributed by atoms with Gasteiger partial charge in [0.05, 0.1) is 6.61 Å². The van der Waals surface area contributed by atoms with Gasteiger partial charge in [0, 0.05) is 6.61 Å². The molecule has 0 aliphatic rings. The molecule has 0 amide bonds. The minimum Gasteiger partial charge on any atom is -0.377 e. The first-order chi connectivity index (χ1) is 6.29. The normalized spacial score (nSPS) is 10.7. The molecule has 0 fully saturated rings. The van der Waals surface area contributed by atoms with Crippen LogP contribution in [0.3, 0.4) is 0 Å². The Labute approximate surface area is 80.7 Å². The minimum absolute atomic E-state index is 0.712. The highest BCUT2D eigenvalue weighted by atomic mass is 16.5. The maximum absolute atomic E-state index is 5.51. The second-order valence-electron chi connectivity index (χ2n) is 3.65. The average Bonchev–Trinajstić information content (AvgIpc) is 2.14. The van der Waals surface area contributed by atoms with Crippen LogP contribution in [-0.4, -0.2) is 6.61 Å². The lowest BCUT2D eigenvalue weighted by atomic mass is 10.1. The monoisotopic (exact) mass is 177 g/mol. The molecule has 1 aromatic rings. The fourth-order valence-electron chi connectivity index (χ4n) is 1.03. The molecule has 71 valence electrons. The number of ether oxygens (including phenoxy) is 1. The Morgan fingerprint density at radius 2 is 2.31 bits per heavy atom. The zero-order valence-corrected chi connectivity index (χ0v) is 8.42. The quantitative estimate of drug-likeness (QED) is 0.628. The van der Waals surface area contributed by atoms with Crippen molar-refractivity contribution in [3.8, 4) is 0 Å². The third-order valence-corrected chi connectivity index (χ3v) is 1.88. The highest BCUT2D eigenvalue weighted by molar-refractivity contribution is 5.12. The van der Waals surface area contributed by atoms with E-state index in [1.807, 2.05) is 18.2 Å². The Bertz CT molecular complexity index is 216. The zero-order valence-electron chi connectivity index (χ0n) is 8.42. The summed E-state index contributed by atoms with van der Waals surface area (Å²) in [7, 11) is 0. The molecule has 0 saturated carbocycles. The molecule has 13 heavy (non-hydrogen) atoms. The van der Waals surface area contributed by atoms with Gasteiger partial charge in [0.25, 0.3) is 0 Å². The van der Waals surface area contributed by atoms with Gasteiger partial charge in [-0.2, -0.15) is 0 Å². The van der Waals surface area contributed by atoms with Crippen LogP contribution < -0.4 is 0 Å². The first-order valence-electron chi connectivity index (χ1n) is 4.82. The third-order valence-electron chi connectivity index (χ3n) is 1.88. The SMILES string of the molecule is CC(C)CCOCc1c[c]ccc1. The summed E-state index contributed by atoms with van der Waals surface area (Å²) in [5.74, 6) is 0.724. The molecule has 0 N–H and O–H groups in total. The van der Waals surface area contributed by atoms with Crippen molar-refractivity contribution in [3.05, 3.63) is 35.9 Å². The van der Waals surface area contributed by atoms with E-state index in [2.05, 4.69) is 26.0 Å². The molecule has 0 aliphatic carbocycles. The van der Waals surface area contributed by atoms with Gasteiger partial charge in [0.15, 0.2) is 0 Å². The van der Waals surface area contributed by atoms with Crippen LogP contribution in [-0.2, 0) is 11.3 Å². The lowest BCUT2D eigenvalue weighted by Gasteiger charge is -2.05. The Morgan fingerprint density at radius 1 is 1.46 bits per heavy atom. The van der Waals surface area contributed by atoms with E-state index < -0.39 is 0 Å². The first-order valence-corrected chi connectivity index (χ1v) is 4.82. The van der Waals surface area contributed by atoms with Gasteiger partial charge in [-0.05, 0) is 30.0 Å². The molecular weight excluding hydrogens is 160 g/mol. The molecule has 0 atom stereocenters. The maximum atomic E-state index is 5.51. The number of benzene rings is 1. The van der Waals surface area contributed by atoms with Gasteiger partial charge in [-0.25, -0.2) is 0 Å². The Morgan fingerprint density at radius 3 is 2.92 bits per heavy atom. The Balaban J connectivity index is 2.13. The van der Waals surface area contributed by atoms with Crippen LogP contribution in [0.15, 0.2) is 24.3 Å². The van der Waals surface area contributed by atoms with Gasteiger partial charge in [-0.1, -0.05) is 32.0 Å². The van der Waals surface area contributed by atoms with Gasteiger partial charge < -0.3 is 4.74 Å². The molecule has 0 heterocycles. The number of hydrogen-bond donors (Lipinski definition) is 0. The molecule has 0 saturated heterocycles. The van der Waals surface area contributed by atoms with Crippen molar-refractivity contribution < 1.29 is 4.74 Å². The summed E-state index contributed by atoms with van der Waals surface area (Å²) in [6, 6.07) is 10.9. The summed E-state index contributed by atoms with van der Waals surface area (Å²) < 4.78 is 5.51. The van der Waals surface area contributed by atoms with Crippen LogP contribution in [0.1, 0.15) is 25.8 Å². The summed E-state index contributed by atoms with van der Waals surface area (Å²) >= 11 is 0. The maximum Gasteiger partial charge on any atom is 0.0717 e. The molecule has 1 radical (unpaired) electrons. The second-order valence-corrected chi connectivity index (χ2v) is 3.65. The fraction of sp³-hybridized carbons (Fsp3) is 0.500. The summed E-state index contributed by atoms with van der Waals surface area (Å²) in [6.45, 7) is 5.98. The van der Waals surface area contributed by atoms with Crippen LogP contribution >= 0.6 is 0 Å². The highest BCUT2D eigenvalue weighted by Gasteiger charge is 1.94. The van der Waals surface area contributed by atoms with Crippen molar-refractivity contribution >= 4 is 0 Å². The molecule has 0 bridgehead atoms. The van der Waals surface area contributed by atoms with E-state index in [1.54, 1.807) is 0 Å². The van der Waals surface area contributed by atoms with Crippen molar-refractivity contribution in [3.63, 3.8) is 0 Å². The molecule has 1 heteroatoms. The molecule has 0 aromatic heterocycles. The van der Waals surface area contributed by atoms with Gasteiger partial charge in [-0.15, -0.1) is 0 Å². The first kappa shape index (κ1) is 10.3. The van der Waals surface area contributed by atoms with Crippen molar-refractivity contribution in [2.45, 2.75) is 26.9 Å². The largest absolute Gasteiger partial charge is 0.377 e. The second kappa shape index (κ2) is 5.76. The predicted molar refractivity (Wildman–Crippen MR) is 54.4 cm³/mol. The molecule has 0 spiro atoms. The summed E-state index contributed by atoms with van der Waals surface area (Å²) in [5.41, 5.74) is 1.20. The average molecular weight is 177 g/mol. The van der Waals surface area contributed by atoms with Crippen LogP contribution in [0.4, 0.5) is 0 Å². The zero-order chi connectivity index (χ0) is 9.52. The summed E-state index contributed by atoms with van der Waals surface area (Å²) in [6.07, 6.45) is 1.14. The van der Waals surface area contributed by atoms with Crippen LogP contribution in [0.5, 0.6) is 0 Å². The summed E-state index contributed by atoms with van der Waals surface area (Å²) in [4.78, 5) is 0. The topological polar surface area (TPSA) is 9.23 Å². The van der Waals surface area contributed by atoms with Crippen molar-refractivity contribution in [1.29, 1.82) is 0 Å². The van der Waals surface area contributed by atoms with Gasteiger partial charge in [0.1, 0.15) is 0 Å². The van der Waals surface area contributed by atoms with Crippen LogP contribution in [0.25, 0.3) is 0 Å². The molecule has 0 unspecified atom stereocenters. The highest BCUT2D eigenvalue weighted by Crippen LogP contribution is 2.03. The standard InChI is InChI=1S/C12H17O/c1-11(2)8-9-13-10-12-6-4-3-5-7-12/h3-4,6-7,11H,8-10H2,1-2H3. The summed E-state index contributed by atoms with van der Waals surface area (Å²) in [5, 5.41) is 0. The van der Waals surface area contributed by atoms with E-state index in [0.29, 0.717) is 6.61 Å². The lowest BCUT2D eigenvalue weighted by molar-refractivity contribution is 0.110. The van der Waals surface area contributed by atoms with Crippen molar-refractivity contribution in [2.75, 3.05) is 6.61 Å². The molecule has 0 aliphatic heterocycles. The van der Waals surface area contributed by atoms with Gasteiger partial charge in [0.2, 0.25) is 0 Å². The van der Waals surface area contributed by atoms with E-state index in [4.69, 9.17) is 4.74 Å². The minimum atomic E-state index is 0.712. The van der Waals surface area contributed by atoms with E-state index in [1.165, 1.54) is 5.56 Å². The molecular formula is C12H17O. The van der Waals surface area contributed by atoms with Crippen molar-refractivity contribution in [2.24, 2.45) is 5.92 Å². The third kappa shape index (κ3) is 4.69. The molecule has 1 nitrogen and oxygen atoms in total.